The van der Waals surface area contributed by atoms with Gasteiger partial charge in [0.15, 0.2) is 5.82 Å². The van der Waals surface area contributed by atoms with Crippen molar-refractivity contribution >= 4 is 17.4 Å². The molecule has 0 atom stereocenters. The minimum Gasteiger partial charge on any atom is -0.309 e. The Morgan fingerprint density at radius 3 is 2.75 bits per heavy atom. The molecule has 0 saturated heterocycles. The highest BCUT2D eigenvalue weighted by molar-refractivity contribution is 5.89. The van der Waals surface area contributed by atoms with Crippen molar-refractivity contribution in [2.24, 2.45) is 0 Å². The van der Waals surface area contributed by atoms with Crippen LogP contribution in [0.5, 0.6) is 0 Å². The summed E-state index contributed by atoms with van der Waals surface area (Å²) in [6.45, 7) is 2.75. The second-order valence-electron chi connectivity index (χ2n) is 6.33. The van der Waals surface area contributed by atoms with E-state index in [1.807, 2.05) is 6.92 Å². The van der Waals surface area contributed by atoms with Gasteiger partial charge in [-0.2, -0.15) is 10.2 Å². The van der Waals surface area contributed by atoms with Crippen LogP contribution in [0.15, 0.2) is 42.7 Å². The van der Waals surface area contributed by atoms with Gasteiger partial charge in [-0.15, -0.1) is 0 Å². The Morgan fingerprint density at radius 1 is 1.32 bits per heavy atom. The van der Waals surface area contributed by atoms with Gasteiger partial charge in [-0.1, -0.05) is 12.1 Å². The number of nitro groups is 1. The molecule has 3 rings (SSSR count). The van der Waals surface area contributed by atoms with Gasteiger partial charge in [0, 0.05) is 24.7 Å². The van der Waals surface area contributed by atoms with Crippen molar-refractivity contribution in [2.75, 3.05) is 5.32 Å². The molecular weight excluding hydrogens is 367 g/mol. The molecule has 0 aliphatic carbocycles. The fourth-order valence-electron chi connectivity index (χ4n) is 2.67. The number of benzene rings is 1. The average molecular weight is 386 g/mol. The van der Waals surface area contributed by atoms with Crippen LogP contribution in [0.3, 0.4) is 0 Å². The highest BCUT2D eigenvalue weighted by atomic mass is 19.1. The van der Waals surface area contributed by atoms with Crippen molar-refractivity contribution in [3.8, 4) is 0 Å². The van der Waals surface area contributed by atoms with Gasteiger partial charge in [0.2, 0.25) is 5.91 Å². The van der Waals surface area contributed by atoms with Crippen LogP contribution in [0.25, 0.3) is 0 Å². The van der Waals surface area contributed by atoms with E-state index in [0.717, 1.165) is 11.3 Å². The van der Waals surface area contributed by atoms with Crippen LogP contribution < -0.4 is 5.32 Å². The van der Waals surface area contributed by atoms with Crippen LogP contribution >= 0.6 is 0 Å². The normalized spacial score (nSPS) is 10.8. The molecule has 0 spiro atoms. The number of nitrogens with one attached hydrogen (secondary N) is 1. The van der Waals surface area contributed by atoms with E-state index >= 15 is 0 Å². The molecule has 2 aromatic heterocycles. The summed E-state index contributed by atoms with van der Waals surface area (Å²) >= 11 is 0. The summed E-state index contributed by atoms with van der Waals surface area (Å²) < 4.78 is 16.2. The Hall–Kier alpha value is -3.56. The number of rotatable bonds is 8. The molecule has 0 radical (unpaired) electrons. The third-order valence-electron chi connectivity index (χ3n) is 4.12. The fourth-order valence-corrected chi connectivity index (χ4v) is 2.67. The van der Waals surface area contributed by atoms with Gasteiger partial charge in [0.1, 0.15) is 18.2 Å². The molecule has 2 heterocycles. The maximum Gasteiger partial charge on any atom is 0.306 e. The maximum absolute atomic E-state index is 13.0. The molecule has 9 nitrogen and oxygen atoms in total. The molecule has 0 saturated carbocycles. The van der Waals surface area contributed by atoms with Crippen molar-refractivity contribution in [1.29, 1.82) is 0 Å². The average Bonchev–Trinajstić information content (AvgIpc) is 3.24. The van der Waals surface area contributed by atoms with E-state index in [0.29, 0.717) is 25.3 Å². The number of hydrogen-bond donors (Lipinski definition) is 1. The van der Waals surface area contributed by atoms with Gasteiger partial charge in [0.05, 0.1) is 11.5 Å². The molecule has 1 N–H and O–H groups in total. The van der Waals surface area contributed by atoms with Gasteiger partial charge in [-0.3, -0.25) is 24.3 Å². The lowest BCUT2D eigenvalue weighted by molar-refractivity contribution is -0.385. The summed E-state index contributed by atoms with van der Waals surface area (Å²) in [5, 5.41) is 21.6. The van der Waals surface area contributed by atoms with E-state index in [2.05, 4.69) is 15.5 Å². The molecule has 0 fully saturated rings. The third kappa shape index (κ3) is 5.00. The Morgan fingerprint density at radius 2 is 2.07 bits per heavy atom. The van der Waals surface area contributed by atoms with Crippen molar-refractivity contribution in [2.45, 2.75) is 32.9 Å². The molecule has 0 aliphatic heterocycles. The molecule has 0 bridgehead atoms. The van der Waals surface area contributed by atoms with E-state index in [1.165, 1.54) is 29.2 Å². The number of aromatic nitrogens is 4. The van der Waals surface area contributed by atoms with Crippen LogP contribution in [0.4, 0.5) is 15.9 Å². The van der Waals surface area contributed by atoms with Crippen LogP contribution in [-0.4, -0.2) is 30.4 Å². The van der Waals surface area contributed by atoms with Crippen LogP contribution in [0, 0.1) is 22.9 Å². The molecule has 28 heavy (non-hydrogen) atoms. The highest BCUT2D eigenvalue weighted by Crippen LogP contribution is 2.13. The van der Waals surface area contributed by atoms with Gasteiger partial charge in [-0.25, -0.2) is 4.39 Å². The summed E-state index contributed by atoms with van der Waals surface area (Å²) in [4.78, 5) is 22.2. The highest BCUT2D eigenvalue weighted by Gasteiger charge is 2.11. The minimum absolute atomic E-state index is 0.0772. The zero-order valence-corrected chi connectivity index (χ0v) is 15.2. The first-order valence-electron chi connectivity index (χ1n) is 8.66. The predicted octanol–water partition coefficient (Wildman–Crippen LogP) is 2.90. The van der Waals surface area contributed by atoms with Gasteiger partial charge >= 0.3 is 5.69 Å². The minimum atomic E-state index is -0.513. The quantitative estimate of drug-likeness (QED) is 0.473. The molecule has 0 unspecified atom stereocenters. The Balaban J connectivity index is 1.49. The molecule has 1 amide bonds. The summed E-state index contributed by atoms with van der Waals surface area (Å²) in [5.41, 5.74) is 1.69. The van der Waals surface area contributed by atoms with E-state index < -0.39 is 4.92 Å². The Labute approximate surface area is 159 Å². The van der Waals surface area contributed by atoms with Crippen molar-refractivity contribution in [3.05, 3.63) is 69.9 Å². The summed E-state index contributed by atoms with van der Waals surface area (Å²) in [7, 11) is 0. The number of halogens is 1. The predicted molar refractivity (Wildman–Crippen MR) is 99.2 cm³/mol. The molecule has 10 heteroatoms. The summed E-state index contributed by atoms with van der Waals surface area (Å²) in [5.74, 6) is -0.0500. The summed E-state index contributed by atoms with van der Waals surface area (Å²) in [6, 6.07) is 7.93. The Bertz CT molecular complexity index is 980. The zero-order valence-electron chi connectivity index (χ0n) is 15.2. The molecule has 0 aliphatic rings. The van der Waals surface area contributed by atoms with Crippen molar-refractivity contribution in [1.82, 2.24) is 19.6 Å². The lowest BCUT2D eigenvalue weighted by Gasteiger charge is -2.05. The number of carbonyl (C=O) groups is 1. The first kappa shape index (κ1) is 19.2. The van der Waals surface area contributed by atoms with Crippen molar-refractivity contribution < 1.29 is 14.1 Å². The Kier molecular flexibility index (Phi) is 5.78. The first-order valence-corrected chi connectivity index (χ1v) is 8.66. The second kappa shape index (κ2) is 8.42. The van der Waals surface area contributed by atoms with E-state index in [9.17, 15) is 19.3 Å². The topological polar surface area (TPSA) is 108 Å². The molecule has 1 aromatic carbocycles. The maximum atomic E-state index is 13.0. The number of aryl methyl sites for hydroxylation is 2. The van der Waals surface area contributed by atoms with Gasteiger partial charge in [-0.05, 0) is 31.0 Å². The van der Waals surface area contributed by atoms with Crippen LogP contribution in [0.1, 0.15) is 24.1 Å². The second-order valence-corrected chi connectivity index (χ2v) is 6.33. The number of hydrogen-bond acceptors (Lipinski definition) is 5. The standard InChI is InChI=1S/C18H19FN6O3/c1-13-9-17(22-24(13)11-14-4-6-15(19)7-5-14)21-18(26)3-2-8-23-12-16(10-20-23)25(27)28/h4-7,9-10,12H,2-3,8,11H2,1H3,(H,21,22,26). The molecule has 3 aromatic rings. The van der Waals surface area contributed by atoms with Crippen molar-refractivity contribution in [3.63, 3.8) is 0 Å². The largest absolute Gasteiger partial charge is 0.309 e. The number of amides is 1. The number of carbonyl (C=O) groups excluding carboxylic acids is 1. The van der Waals surface area contributed by atoms with E-state index in [-0.39, 0.29) is 23.8 Å². The van der Waals surface area contributed by atoms with Gasteiger partial charge in [0.25, 0.3) is 0 Å². The fraction of sp³-hybridized carbons (Fsp3) is 0.278. The molecule has 146 valence electrons. The van der Waals surface area contributed by atoms with E-state index in [4.69, 9.17) is 0 Å². The third-order valence-corrected chi connectivity index (χ3v) is 4.12. The monoisotopic (exact) mass is 386 g/mol. The lowest BCUT2D eigenvalue weighted by atomic mass is 10.2. The van der Waals surface area contributed by atoms with Crippen LogP contribution in [0.2, 0.25) is 0 Å². The zero-order chi connectivity index (χ0) is 20.1. The smallest absolute Gasteiger partial charge is 0.306 e. The number of nitrogens with zero attached hydrogens (tertiary/aromatic N) is 5. The molecular formula is C18H19FN6O3. The lowest BCUT2D eigenvalue weighted by Crippen LogP contribution is -2.13. The SMILES string of the molecule is Cc1cc(NC(=O)CCCn2cc([N+](=O)[O-])cn2)nn1Cc1ccc(F)cc1. The van der Waals surface area contributed by atoms with Gasteiger partial charge < -0.3 is 5.32 Å². The summed E-state index contributed by atoms with van der Waals surface area (Å²) in [6.07, 6.45) is 3.23. The first-order chi connectivity index (χ1) is 13.4. The van der Waals surface area contributed by atoms with Crippen LogP contribution in [-0.2, 0) is 17.9 Å². The van der Waals surface area contributed by atoms with E-state index in [1.54, 1.807) is 22.9 Å². The number of anilines is 1.